The number of carbonyl (C=O) groups excluding carboxylic acids is 1. The van der Waals surface area contributed by atoms with Gasteiger partial charge in [0.25, 0.3) is 0 Å². The van der Waals surface area contributed by atoms with Gasteiger partial charge in [-0.3, -0.25) is 4.79 Å². The second-order valence-corrected chi connectivity index (χ2v) is 4.90. The highest BCUT2D eigenvalue weighted by atomic mass is 19.4. The Hall–Kier alpha value is -1.39. The molecule has 108 valence electrons. The van der Waals surface area contributed by atoms with Crippen molar-refractivity contribution in [2.75, 3.05) is 0 Å². The van der Waals surface area contributed by atoms with Crippen LogP contribution in [0.3, 0.4) is 0 Å². The van der Waals surface area contributed by atoms with Crippen molar-refractivity contribution in [3.8, 4) is 6.07 Å². The largest absolute Gasteiger partial charge is 0.463 e. The van der Waals surface area contributed by atoms with Crippen molar-refractivity contribution in [2.24, 2.45) is 5.92 Å². The van der Waals surface area contributed by atoms with E-state index in [1.54, 1.807) is 11.4 Å². The summed E-state index contributed by atoms with van der Waals surface area (Å²) in [4.78, 5) is 11.1. The minimum Gasteiger partial charge on any atom is -0.332 e. The second kappa shape index (κ2) is 4.94. The first-order chi connectivity index (χ1) is 8.54. The van der Waals surface area contributed by atoms with Crippen LogP contribution in [-0.2, 0) is 4.79 Å². The summed E-state index contributed by atoms with van der Waals surface area (Å²) in [5, 5.41) is 10.5. The molecule has 0 aromatic carbocycles. The molecule has 1 N–H and O–H groups in total. The van der Waals surface area contributed by atoms with Crippen LogP contribution in [0.15, 0.2) is 0 Å². The van der Waals surface area contributed by atoms with Crippen LogP contribution in [0.25, 0.3) is 0 Å². The Morgan fingerprint density at radius 2 is 1.74 bits per heavy atom. The summed E-state index contributed by atoms with van der Waals surface area (Å²) in [5.41, 5.74) is -1.63. The molecule has 3 nitrogen and oxygen atoms in total. The minimum absolute atomic E-state index is 0.0738. The first-order valence-corrected chi connectivity index (χ1v) is 5.72. The molecule has 1 saturated carbocycles. The van der Waals surface area contributed by atoms with E-state index in [1.165, 1.54) is 0 Å². The molecule has 0 heterocycles. The third kappa shape index (κ3) is 3.14. The summed E-state index contributed by atoms with van der Waals surface area (Å²) >= 11 is 0. The van der Waals surface area contributed by atoms with Crippen molar-refractivity contribution >= 4 is 5.91 Å². The number of carbonyl (C=O) groups is 1. The quantitative estimate of drug-likeness (QED) is 0.793. The van der Waals surface area contributed by atoms with E-state index in [4.69, 9.17) is 5.26 Å². The van der Waals surface area contributed by atoms with E-state index in [9.17, 15) is 26.7 Å². The number of amides is 1. The van der Waals surface area contributed by atoms with Crippen LogP contribution in [0.5, 0.6) is 0 Å². The summed E-state index contributed by atoms with van der Waals surface area (Å²) < 4.78 is 61.7. The van der Waals surface area contributed by atoms with Crippen molar-refractivity contribution < 1.29 is 26.7 Å². The van der Waals surface area contributed by atoms with E-state index in [-0.39, 0.29) is 18.8 Å². The fourth-order valence-corrected chi connectivity index (χ4v) is 1.94. The predicted octanol–water partition coefficient (Wildman–Crippen LogP) is 2.77. The molecular formula is C11H13F5N2O. The number of hydrogen-bond donors (Lipinski definition) is 1. The lowest BCUT2D eigenvalue weighted by molar-refractivity contribution is -0.270. The number of nitriles is 1. The average molecular weight is 284 g/mol. The van der Waals surface area contributed by atoms with E-state index in [2.05, 4.69) is 0 Å². The van der Waals surface area contributed by atoms with E-state index in [0.717, 1.165) is 0 Å². The van der Waals surface area contributed by atoms with E-state index < -0.39 is 23.5 Å². The third-order valence-corrected chi connectivity index (χ3v) is 3.34. The summed E-state index contributed by atoms with van der Waals surface area (Å²) in [6.45, 7) is 1.88. The van der Waals surface area contributed by atoms with Gasteiger partial charge in [-0.1, -0.05) is 6.92 Å². The van der Waals surface area contributed by atoms with Crippen LogP contribution < -0.4 is 5.32 Å². The molecule has 1 aliphatic carbocycles. The Balaban J connectivity index is 2.83. The molecule has 0 spiro atoms. The number of nitrogens with zero attached hydrogens (tertiary/aromatic N) is 1. The van der Waals surface area contributed by atoms with Crippen molar-refractivity contribution in [3.63, 3.8) is 0 Å². The van der Waals surface area contributed by atoms with Gasteiger partial charge < -0.3 is 5.32 Å². The highest BCUT2D eigenvalue weighted by Crippen LogP contribution is 2.37. The molecule has 0 bridgehead atoms. The molecule has 0 radical (unpaired) electrons. The summed E-state index contributed by atoms with van der Waals surface area (Å²) in [7, 11) is 0. The van der Waals surface area contributed by atoms with E-state index in [1.807, 2.05) is 6.92 Å². The fourth-order valence-electron chi connectivity index (χ4n) is 1.94. The zero-order chi connectivity index (χ0) is 14.9. The van der Waals surface area contributed by atoms with Gasteiger partial charge in [-0.25, -0.2) is 0 Å². The Morgan fingerprint density at radius 1 is 1.26 bits per heavy atom. The molecule has 19 heavy (non-hydrogen) atoms. The Labute approximate surface area is 106 Å². The molecule has 0 saturated heterocycles. The normalized spacial score (nSPS) is 28.6. The van der Waals surface area contributed by atoms with Crippen molar-refractivity contribution in [1.29, 1.82) is 5.26 Å². The first kappa shape index (κ1) is 15.7. The highest BCUT2D eigenvalue weighted by Gasteiger charge is 2.64. The molecule has 0 atom stereocenters. The lowest BCUT2D eigenvalue weighted by atomic mass is 9.78. The number of alkyl halides is 5. The van der Waals surface area contributed by atoms with Gasteiger partial charge in [0, 0.05) is 0 Å². The lowest BCUT2D eigenvalue weighted by Crippen LogP contribution is -2.58. The maximum absolute atomic E-state index is 12.8. The highest BCUT2D eigenvalue weighted by molar-refractivity contribution is 5.85. The smallest absolute Gasteiger partial charge is 0.332 e. The number of hydrogen-bond acceptors (Lipinski definition) is 2. The molecule has 1 rings (SSSR count). The maximum atomic E-state index is 12.8. The van der Waals surface area contributed by atoms with Crippen molar-refractivity contribution in [1.82, 2.24) is 5.32 Å². The first-order valence-electron chi connectivity index (χ1n) is 5.72. The maximum Gasteiger partial charge on any atom is 0.463 e. The Kier molecular flexibility index (Phi) is 4.08. The number of halogens is 5. The molecule has 0 aromatic heterocycles. The van der Waals surface area contributed by atoms with Crippen LogP contribution >= 0.6 is 0 Å². The average Bonchev–Trinajstić information content (AvgIpc) is 2.31. The molecule has 0 aromatic rings. The van der Waals surface area contributed by atoms with Gasteiger partial charge in [0.15, 0.2) is 0 Å². The predicted molar refractivity (Wildman–Crippen MR) is 55.1 cm³/mol. The van der Waals surface area contributed by atoms with Crippen LogP contribution in [0.4, 0.5) is 22.0 Å². The van der Waals surface area contributed by atoms with Crippen LogP contribution in [0, 0.1) is 17.2 Å². The molecule has 0 aliphatic heterocycles. The van der Waals surface area contributed by atoms with Gasteiger partial charge in [-0.05, 0) is 31.6 Å². The molecule has 1 fully saturated rings. The fraction of sp³-hybridized carbons (Fsp3) is 0.818. The van der Waals surface area contributed by atoms with Crippen molar-refractivity contribution in [3.05, 3.63) is 0 Å². The molecule has 8 heteroatoms. The van der Waals surface area contributed by atoms with Gasteiger partial charge in [0.2, 0.25) is 0 Å². The van der Waals surface area contributed by atoms with Gasteiger partial charge >= 0.3 is 18.0 Å². The number of rotatable bonds is 2. The zero-order valence-corrected chi connectivity index (χ0v) is 10.2. The number of nitrogens with one attached hydrogen (secondary N) is 1. The minimum atomic E-state index is -5.96. The molecule has 0 unspecified atom stereocenters. The van der Waals surface area contributed by atoms with Crippen LogP contribution in [0.1, 0.15) is 32.6 Å². The third-order valence-electron chi connectivity index (χ3n) is 3.34. The summed E-state index contributed by atoms with van der Waals surface area (Å²) in [6, 6.07) is 1.66. The summed E-state index contributed by atoms with van der Waals surface area (Å²) in [5.74, 6) is -7.70. The van der Waals surface area contributed by atoms with Crippen LogP contribution in [-0.4, -0.2) is 23.5 Å². The monoisotopic (exact) mass is 284 g/mol. The van der Waals surface area contributed by atoms with Gasteiger partial charge in [-0.15, -0.1) is 0 Å². The van der Waals surface area contributed by atoms with Gasteiger partial charge in [0.1, 0.15) is 5.54 Å². The van der Waals surface area contributed by atoms with Crippen LogP contribution in [0.2, 0.25) is 0 Å². The second-order valence-electron chi connectivity index (χ2n) is 4.90. The van der Waals surface area contributed by atoms with Gasteiger partial charge in [-0.2, -0.15) is 27.2 Å². The Morgan fingerprint density at radius 3 is 2.11 bits per heavy atom. The molecule has 1 aliphatic rings. The lowest BCUT2D eigenvalue weighted by Gasteiger charge is -2.35. The molecule has 1 amide bonds. The van der Waals surface area contributed by atoms with E-state index in [0.29, 0.717) is 12.8 Å². The topological polar surface area (TPSA) is 52.9 Å². The van der Waals surface area contributed by atoms with Crippen molar-refractivity contribution in [2.45, 2.75) is 50.2 Å². The molecular weight excluding hydrogens is 271 g/mol. The standard InChI is InChI=1S/C11H13F5N2O/c1-7-2-4-9(6-17,5-3-7)18-8(19)10(12,13)11(14,15)16/h7H,2-5H2,1H3,(H,18,19). The summed E-state index contributed by atoms with van der Waals surface area (Å²) in [6.07, 6.45) is -4.83. The van der Waals surface area contributed by atoms with E-state index >= 15 is 0 Å². The van der Waals surface area contributed by atoms with Gasteiger partial charge in [0.05, 0.1) is 6.07 Å². The zero-order valence-electron chi connectivity index (χ0n) is 10.2. The SMILES string of the molecule is CC1CCC(C#N)(NC(=O)C(F)(F)C(F)(F)F)CC1. The Bertz CT molecular complexity index is 391.